The van der Waals surface area contributed by atoms with Crippen molar-refractivity contribution in [2.45, 2.75) is 19.3 Å². The summed E-state index contributed by atoms with van der Waals surface area (Å²) in [6, 6.07) is 16.7. The molecule has 27 heavy (non-hydrogen) atoms. The largest absolute Gasteiger partial charge is 0.497 e. The van der Waals surface area contributed by atoms with E-state index in [2.05, 4.69) is 60.7 Å². The average molecular weight is 362 g/mol. The van der Waals surface area contributed by atoms with E-state index in [1.807, 2.05) is 16.8 Å². The first-order chi connectivity index (χ1) is 13.2. The second kappa shape index (κ2) is 7.35. The van der Waals surface area contributed by atoms with Crippen molar-refractivity contribution in [3.63, 3.8) is 0 Å². The molecule has 5 nitrogen and oxygen atoms in total. The normalized spacial score (nSPS) is 13.4. The number of nitrogens with one attached hydrogen (secondary N) is 1. The van der Waals surface area contributed by atoms with Crippen LogP contribution in [0.4, 0.5) is 11.5 Å². The van der Waals surface area contributed by atoms with Crippen molar-refractivity contribution in [1.29, 1.82) is 0 Å². The molecule has 0 amide bonds. The lowest BCUT2D eigenvalue weighted by molar-refractivity contribution is 0.414. The first-order valence-corrected chi connectivity index (χ1v) is 9.45. The van der Waals surface area contributed by atoms with Crippen LogP contribution in [0.15, 0.2) is 48.5 Å². The fourth-order valence-corrected chi connectivity index (χ4v) is 3.56. The Bertz CT molecular complexity index is 911. The number of rotatable bonds is 4. The summed E-state index contributed by atoms with van der Waals surface area (Å²) in [6.45, 7) is 0.980. The van der Waals surface area contributed by atoms with Crippen LogP contribution >= 0.6 is 0 Å². The van der Waals surface area contributed by atoms with Crippen molar-refractivity contribution >= 4 is 11.5 Å². The van der Waals surface area contributed by atoms with Crippen molar-refractivity contribution in [3.05, 3.63) is 54.1 Å². The summed E-state index contributed by atoms with van der Waals surface area (Å²) < 4.78 is 7.33. The topological polar surface area (TPSA) is 42.3 Å². The van der Waals surface area contributed by atoms with Gasteiger partial charge in [0.15, 0.2) is 0 Å². The van der Waals surface area contributed by atoms with Gasteiger partial charge in [-0.3, -0.25) is 0 Å². The number of aromatic nitrogens is 2. The van der Waals surface area contributed by atoms with Gasteiger partial charge < -0.3 is 15.0 Å². The number of hydrogen-bond donors (Lipinski definition) is 1. The van der Waals surface area contributed by atoms with Crippen molar-refractivity contribution in [1.82, 2.24) is 9.78 Å². The van der Waals surface area contributed by atoms with Gasteiger partial charge >= 0.3 is 0 Å². The summed E-state index contributed by atoms with van der Waals surface area (Å²) >= 11 is 0. The van der Waals surface area contributed by atoms with Gasteiger partial charge in [-0.1, -0.05) is 12.1 Å². The summed E-state index contributed by atoms with van der Waals surface area (Å²) in [5.74, 6) is 1.97. The fourth-order valence-electron chi connectivity index (χ4n) is 3.56. The van der Waals surface area contributed by atoms with Gasteiger partial charge in [0.2, 0.25) is 0 Å². The maximum atomic E-state index is 5.29. The Hall–Kier alpha value is -2.95. The van der Waals surface area contributed by atoms with Gasteiger partial charge in [-0.2, -0.15) is 5.10 Å². The molecule has 1 aromatic heterocycles. The second-order valence-corrected chi connectivity index (χ2v) is 7.11. The van der Waals surface area contributed by atoms with Gasteiger partial charge in [0.05, 0.1) is 18.5 Å². The van der Waals surface area contributed by atoms with Crippen LogP contribution in [-0.4, -0.2) is 37.5 Å². The quantitative estimate of drug-likeness (QED) is 0.749. The Kier molecular flexibility index (Phi) is 4.75. The average Bonchev–Trinajstić information content (AvgIpc) is 2.89. The third-order valence-electron chi connectivity index (χ3n) is 5.10. The number of anilines is 2. The second-order valence-electron chi connectivity index (χ2n) is 7.11. The van der Waals surface area contributed by atoms with Crippen LogP contribution in [0.1, 0.15) is 18.4 Å². The van der Waals surface area contributed by atoms with Crippen molar-refractivity contribution < 1.29 is 4.74 Å². The Morgan fingerprint density at radius 1 is 1.00 bits per heavy atom. The Morgan fingerprint density at radius 3 is 2.41 bits per heavy atom. The number of nitrogens with zero attached hydrogens (tertiary/aromatic N) is 3. The molecule has 0 aliphatic carbocycles. The van der Waals surface area contributed by atoms with Gasteiger partial charge in [0.25, 0.3) is 0 Å². The maximum Gasteiger partial charge on any atom is 0.133 e. The minimum absolute atomic E-state index is 0.851. The maximum absolute atomic E-state index is 5.29. The molecular weight excluding hydrogens is 336 g/mol. The number of methoxy groups -OCH3 is 1. The van der Waals surface area contributed by atoms with E-state index in [1.165, 1.54) is 24.1 Å². The van der Waals surface area contributed by atoms with Gasteiger partial charge in [0, 0.05) is 37.5 Å². The smallest absolute Gasteiger partial charge is 0.133 e. The molecule has 0 saturated heterocycles. The van der Waals surface area contributed by atoms with Crippen molar-refractivity contribution in [2.24, 2.45) is 0 Å². The van der Waals surface area contributed by atoms with Crippen LogP contribution in [0.3, 0.4) is 0 Å². The molecular formula is C22H26N4O. The highest BCUT2D eigenvalue weighted by atomic mass is 16.5. The standard InChI is InChI=1S/C22H26N4O/c1-25(2)17-9-7-16(8-10-17)21-20-6-4-5-15-23-22(20)26(24-21)18-11-13-19(27-3)14-12-18/h7-14,23H,4-6,15H2,1-3H3. The van der Waals surface area contributed by atoms with Crippen LogP contribution < -0.4 is 15.0 Å². The number of benzene rings is 2. The monoisotopic (exact) mass is 362 g/mol. The highest BCUT2D eigenvalue weighted by Crippen LogP contribution is 2.34. The number of ether oxygens (including phenoxy) is 1. The van der Waals surface area contributed by atoms with E-state index in [-0.39, 0.29) is 0 Å². The molecule has 1 N–H and O–H groups in total. The van der Waals surface area contributed by atoms with E-state index in [1.54, 1.807) is 7.11 Å². The molecule has 0 atom stereocenters. The molecule has 4 rings (SSSR count). The molecule has 2 aromatic carbocycles. The molecule has 1 aliphatic rings. The number of hydrogen-bond acceptors (Lipinski definition) is 4. The molecule has 0 radical (unpaired) electrons. The molecule has 5 heteroatoms. The van der Waals surface area contributed by atoms with Gasteiger partial charge in [-0.15, -0.1) is 0 Å². The van der Waals surface area contributed by atoms with E-state index < -0.39 is 0 Å². The fraction of sp³-hybridized carbons (Fsp3) is 0.318. The van der Waals surface area contributed by atoms with E-state index in [4.69, 9.17) is 9.84 Å². The van der Waals surface area contributed by atoms with Crippen LogP contribution in [0, 0.1) is 0 Å². The third kappa shape index (κ3) is 3.37. The molecule has 2 heterocycles. The summed E-state index contributed by atoms with van der Waals surface area (Å²) in [5.41, 5.74) is 5.77. The predicted octanol–water partition coefficient (Wildman–Crippen LogP) is 4.36. The van der Waals surface area contributed by atoms with Crippen molar-refractivity contribution in [3.8, 4) is 22.7 Å². The highest BCUT2D eigenvalue weighted by molar-refractivity contribution is 5.72. The van der Waals surface area contributed by atoms with E-state index in [0.29, 0.717) is 0 Å². The van der Waals surface area contributed by atoms with E-state index in [0.717, 1.165) is 41.5 Å². The third-order valence-corrected chi connectivity index (χ3v) is 5.10. The van der Waals surface area contributed by atoms with E-state index in [9.17, 15) is 0 Å². The lowest BCUT2D eigenvalue weighted by atomic mass is 10.0. The lowest BCUT2D eigenvalue weighted by Gasteiger charge is -2.12. The Balaban J connectivity index is 1.80. The Labute approximate surface area is 160 Å². The minimum Gasteiger partial charge on any atom is -0.497 e. The SMILES string of the molecule is COc1ccc(-n2nc(-c3ccc(N(C)C)cc3)c3c2NCCCC3)cc1. The lowest BCUT2D eigenvalue weighted by Crippen LogP contribution is -2.08. The summed E-state index contributed by atoms with van der Waals surface area (Å²) in [7, 11) is 5.80. The zero-order valence-electron chi connectivity index (χ0n) is 16.2. The number of fused-ring (bicyclic) bond motifs is 1. The summed E-state index contributed by atoms with van der Waals surface area (Å²) in [4.78, 5) is 2.11. The molecule has 140 valence electrons. The molecule has 0 bridgehead atoms. The first-order valence-electron chi connectivity index (χ1n) is 9.45. The Morgan fingerprint density at radius 2 is 1.74 bits per heavy atom. The summed E-state index contributed by atoms with van der Waals surface area (Å²) in [5, 5.41) is 8.61. The zero-order chi connectivity index (χ0) is 18.8. The zero-order valence-corrected chi connectivity index (χ0v) is 16.2. The highest BCUT2D eigenvalue weighted by Gasteiger charge is 2.21. The van der Waals surface area contributed by atoms with Crippen LogP contribution in [0.2, 0.25) is 0 Å². The first kappa shape index (κ1) is 17.5. The molecule has 3 aromatic rings. The van der Waals surface area contributed by atoms with Gasteiger partial charge in [-0.25, -0.2) is 4.68 Å². The molecule has 1 aliphatic heterocycles. The van der Waals surface area contributed by atoms with Crippen LogP contribution in [0.5, 0.6) is 5.75 Å². The van der Waals surface area contributed by atoms with E-state index >= 15 is 0 Å². The molecule has 0 saturated carbocycles. The summed E-state index contributed by atoms with van der Waals surface area (Å²) in [6.07, 6.45) is 3.40. The van der Waals surface area contributed by atoms with Gasteiger partial charge in [-0.05, 0) is 55.7 Å². The molecule has 0 unspecified atom stereocenters. The predicted molar refractivity (Wildman–Crippen MR) is 111 cm³/mol. The van der Waals surface area contributed by atoms with Crippen LogP contribution in [-0.2, 0) is 6.42 Å². The van der Waals surface area contributed by atoms with Crippen LogP contribution in [0.25, 0.3) is 16.9 Å². The molecule has 0 spiro atoms. The van der Waals surface area contributed by atoms with Gasteiger partial charge in [0.1, 0.15) is 11.6 Å². The minimum atomic E-state index is 0.851. The molecule has 0 fully saturated rings. The van der Waals surface area contributed by atoms with Crippen molar-refractivity contribution in [2.75, 3.05) is 38.0 Å².